The molecule has 3 heterocycles. The number of nitrogens with zero attached hydrogens (tertiary/aromatic N) is 5. The molecule has 0 bridgehead atoms. The third kappa shape index (κ3) is 7.29. The van der Waals surface area contributed by atoms with E-state index in [4.69, 9.17) is 16.6 Å². The lowest BCUT2D eigenvalue weighted by molar-refractivity contribution is 0.0782. The Morgan fingerprint density at radius 2 is 1.73 bits per heavy atom. The van der Waals surface area contributed by atoms with Gasteiger partial charge < -0.3 is 19.7 Å². The zero-order chi connectivity index (χ0) is 30.3. The number of amides is 1. The van der Waals surface area contributed by atoms with E-state index in [2.05, 4.69) is 56.2 Å². The van der Waals surface area contributed by atoms with Crippen LogP contribution in [0.15, 0.2) is 103 Å². The summed E-state index contributed by atoms with van der Waals surface area (Å²) < 4.78 is 2.28. The minimum absolute atomic E-state index is 0.0412. The highest BCUT2D eigenvalue weighted by Crippen LogP contribution is 2.27. The Balaban J connectivity index is 1.08. The quantitative estimate of drug-likeness (QED) is 0.176. The summed E-state index contributed by atoms with van der Waals surface area (Å²) in [5, 5.41) is 4.51. The van der Waals surface area contributed by atoms with Crippen LogP contribution in [-0.2, 0) is 6.54 Å². The largest absolute Gasteiger partial charge is 0.353 e. The van der Waals surface area contributed by atoms with E-state index in [1.807, 2.05) is 78.9 Å². The zero-order valence-electron chi connectivity index (χ0n) is 25.1. The Morgan fingerprint density at radius 3 is 2.50 bits per heavy atom. The second-order valence-electron chi connectivity index (χ2n) is 11.7. The Bertz CT molecular complexity index is 1670. The standard InChI is InChI=1S/C36H39ClN6O/c1-41(35(44)28-8-3-2-4-9-28)26-30(29-10-7-11-31(37)24-29)16-21-42-22-17-32(18-23-42)39-36-40-33-12-5-6-13-34(33)43(36)25-27-14-19-38-20-15-27/h2-15,19-20,24,30,32H,16-18,21-23,25-26H2,1H3,(H,39,40). The van der Waals surface area contributed by atoms with Gasteiger partial charge in [-0.1, -0.05) is 54.1 Å². The van der Waals surface area contributed by atoms with E-state index in [9.17, 15) is 4.79 Å². The monoisotopic (exact) mass is 606 g/mol. The first-order valence-corrected chi connectivity index (χ1v) is 15.8. The molecule has 1 saturated heterocycles. The van der Waals surface area contributed by atoms with Crippen LogP contribution in [0.5, 0.6) is 0 Å². The summed E-state index contributed by atoms with van der Waals surface area (Å²) in [4.78, 5) is 26.7. The number of pyridine rings is 1. The van der Waals surface area contributed by atoms with Crippen LogP contribution < -0.4 is 5.32 Å². The number of piperidine rings is 1. The number of benzene rings is 3. The molecule has 1 N–H and O–H groups in total. The molecule has 1 aliphatic rings. The second kappa shape index (κ2) is 14.1. The number of hydrogen-bond acceptors (Lipinski definition) is 5. The molecule has 0 aliphatic carbocycles. The summed E-state index contributed by atoms with van der Waals surface area (Å²) in [6.07, 6.45) is 6.73. The first kappa shape index (κ1) is 29.9. The topological polar surface area (TPSA) is 66.3 Å². The fourth-order valence-corrected chi connectivity index (χ4v) is 6.38. The minimum Gasteiger partial charge on any atom is -0.353 e. The zero-order valence-corrected chi connectivity index (χ0v) is 25.9. The van der Waals surface area contributed by atoms with Crippen molar-refractivity contribution in [1.29, 1.82) is 0 Å². The van der Waals surface area contributed by atoms with Crippen molar-refractivity contribution < 1.29 is 4.79 Å². The molecular formula is C36H39ClN6O. The van der Waals surface area contributed by atoms with Gasteiger partial charge in [0.2, 0.25) is 5.95 Å². The van der Waals surface area contributed by atoms with Crippen molar-refractivity contribution in [3.63, 3.8) is 0 Å². The maximum atomic E-state index is 13.1. The molecule has 226 valence electrons. The van der Waals surface area contributed by atoms with Crippen molar-refractivity contribution in [3.8, 4) is 0 Å². The number of anilines is 1. The summed E-state index contributed by atoms with van der Waals surface area (Å²) in [6.45, 7) is 4.39. The summed E-state index contributed by atoms with van der Waals surface area (Å²) in [6, 6.07) is 30.4. The van der Waals surface area contributed by atoms with Crippen molar-refractivity contribution in [2.45, 2.75) is 37.8 Å². The number of para-hydroxylation sites is 2. The molecule has 0 saturated carbocycles. The Morgan fingerprint density at radius 1 is 0.977 bits per heavy atom. The van der Waals surface area contributed by atoms with Gasteiger partial charge in [0, 0.05) is 61.6 Å². The Kier molecular flexibility index (Phi) is 9.54. The van der Waals surface area contributed by atoms with Gasteiger partial charge in [0.25, 0.3) is 5.91 Å². The number of likely N-dealkylation sites (tertiary alicyclic amines) is 1. The minimum atomic E-state index is 0.0412. The van der Waals surface area contributed by atoms with Crippen molar-refractivity contribution >= 4 is 34.5 Å². The van der Waals surface area contributed by atoms with Gasteiger partial charge in [-0.3, -0.25) is 9.78 Å². The van der Waals surface area contributed by atoms with Crippen LogP contribution in [0.4, 0.5) is 5.95 Å². The maximum Gasteiger partial charge on any atom is 0.253 e. The van der Waals surface area contributed by atoms with E-state index < -0.39 is 0 Å². The predicted molar refractivity (Wildman–Crippen MR) is 178 cm³/mol. The number of aromatic nitrogens is 3. The molecular weight excluding hydrogens is 568 g/mol. The molecule has 1 amide bonds. The van der Waals surface area contributed by atoms with E-state index >= 15 is 0 Å². The fourth-order valence-electron chi connectivity index (χ4n) is 6.18. The number of rotatable bonds is 11. The van der Waals surface area contributed by atoms with E-state index in [1.54, 1.807) is 0 Å². The van der Waals surface area contributed by atoms with Gasteiger partial charge in [-0.25, -0.2) is 4.98 Å². The molecule has 2 aromatic heterocycles. The smallest absolute Gasteiger partial charge is 0.253 e. The lowest BCUT2D eigenvalue weighted by atomic mass is 9.94. The average Bonchev–Trinajstić information content (AvgIpc) is 3.40. The third-order valence-electron chi connectivity index (χ3n) is 8.64. The number of carbonyl (C=O) groups is 1. The number of nitrogens with one attached hydrogen (secondary N) is 1. The number of carbonyl (C=O) groups excluding carboxylic acids is 1. The fraction of sp³-hybridized carbons (Fsp3) is 0.306. The van der Waals surface area contributed by atoms with Crippen molar-refractivity contribution in [1.82, 2.24) is 24.3 Å². The van der Waals surface area contributed by atoms with Gasteiger partial charge in [-0.05, 0) is 85.5 Å². The number of halogens is 1. The average molecular weight is 607 g/mol. The molecule has 44 heavy (non-hydrogen) atoms. The van der Waals surface area contributed by atoms with E-state index in [1.165, 1.54) is 11.1 Å². The molecule has 8 heteroatoms. The van der Waals surface area contributed by atoms with Crippen molar-refractivity contribution in [3.05, 3.63) is 125 Å². The normalized spacial score (nSPS) is 14.9. The van der Waals surface area contributed by atoms with Crippen LogP contribution >= 0.6 is 11.6 Å². The lowest BCUT2D eigenvalue weighted by Crippen LogP contribution is -2.40. The Labute approximate surface area is 264 Å². The van der Waals surface area contributed by atoms with Gasteiger partial charge in [0.15, 0.2) is 0 Å². The molecule has 3 aromatic carbocycles. The van der Waals surface area contributed by atoms with E-state index in [-0.39, 0.29) is 11.8 Å². The SMILES string of the molecule is CN(CC(CCN1CCC(Nc2nc3ccccc3n2Cc2ccncc2)CC1)c1cccc(Cl)c1)C(=O)c1ccccc1. The molecule has 1 fully saturated rings. The second-order valence-corrected chi connectivity index (χ2v) is 12.2. The number of fused-ring (bicyclic) bond motifs is 1. The molecule has 0 radical (unpaired) electrons. The van der Waals surface area contributed by atoms with Crippen LogP contribution in [-0.4, -0.2) is 69.5 Å². The van der Waals surface area contributed by atoms with Crippen LogP contribution in [0.2, 0.25) is 5.02 Å². The van der Waals surface area contributed by atoms with E-state index in [0.29, 0.717) is 18.2 Å². The van der Waals surface area contributed by atoms with Crippen molar-refractivity contribution in [2.24, 2.45) is 0 Å². The van der Waals surface area contributed by atoms with E-state index in [0.717, 1.165) is 67.4 Å². The highest BCUT2D eigenvalue weighted by molar-refractivity contribution is 6.30. The number of hydrogen-bond donors (Lipinski definition) is 1. The summed E-state index contributed by atoms with van der Waals surface area (Å²) >= 11 is 6.39. The van der Waals surface area contributed by atoms with Gasteiger partial charge in [-0.15, -0.1) is 0 Å². The van der Waals surface area contributed by atoms with Crippen LogP contribution in [0.3, 0.4) is 0 Å². The molecule has 7 nitrogen and oxygen atoms in total. The van der Waals surface area contributed by atoms with Gasteiger partial charge in [0.05, 0.1) is 17.6 Å². The first-order chi connectivity index (χ1) is 21.5. The molecule has 0 spiro atoms. The highest BCUT2D eigenvalue weighted by atomic mass is 35.5. The predicted octanol–water partition coefficient (Wildman–Crippen LogP) is 6.96. The Hall–Kier alpha value is -4.20. The molecule has 1 aliphatic heterocycles. The van der Waals surface area contributed by atoms with Crippen molar-refractivity contribution in [2.75, 3.05) is 38.5 Å². The summed E-state index contributed by atoms with van der Waals surface area (Å²) in [5.41, 5.74) is 5.22. The molecule has 1 unspecified atom stereocenters. The first-order valence-electron chi connectivity index (χ1n) is 15.4. The van der Waals surface area contributed by atoms with Gasteiger partial charge >= 0.3 is 0 Å². The highest BCUT2D eigenvalue weighted by Gasteiger charge is 2.24. The van der Waals surface area contributed by atoms with Crippen LogP contribution in [0.25, 0.3) is 11.0 Å². The molecule has 6 rings (SSSR count). The van der Waals surface area contributed by atoms with Crippen LogP contribution in [0.1, 0.15) is 46.7 Å². The van der Waals surface area contributed by atoms with Gasteiger partial charge in [-0.2, -0.15) is 0 Å². The van der Waals surface area contributed by atoms with Crippen LogP contribution in [0, 0.1) is 0 Å². The molecule has 5 aromatic rings. The number of likely N-dealkylation sites (N-methyl/N-ethyl adjacent to an activating group) is 1. The molecule has 1 atom stereocenters. The van der Waals surface area contributed by atoms with Gasteiger partial charge in [0.1, 0.15) is 0 Å². The summed E-state index contributed by atoms with van der Waals surface area (Å²) in [5.74, 6) is 1.16. The lowest BCUT2D eigenvalue weighted by Gasteiger charge is -2.34. The maximum absolute atomic E-state index is 13.1. The third-order valence-corrected chi connectivity index (χ3v) is 8.88. The number of imidazole rings is 1. The summed E-state index contributed by atoms with van der Waals surface area (Å²) in [7, 11) is 1.89.